The first-order valence-electron chi connectivity index (χ1n) is 12.2. The topological polar surface area (TPSA) is 211 Å². The quantitative estimate of drug-likeness (QED) is 0.138. The van der Waals surface area contributed by atoms with Crippen LogP contribution < -0.4 is 0 Å². The molecule has 12 nitrogen and oxygen atoms in total. The lowest BCUT2D eigenvalue weighted by Gasteiger charge is -2.51. The van der Waals surface area contributed by atoms with Gasteiger partial charge in [0.25, 0.3) is 0 Å². The number of allylic oxidation sites excluding steroid dienone is 1. The molecule has 1 saturated carbocycles. The Morgan fingerprint density at radius 1 is 0.900 bits per heavy atom. The summed E-state index contributed by atoms with van der Waals surface area (Å²) in [7, 11) is 1.16. The zero-order valence-electron chi connectivity index (χ0n) is 21.1. The van der Waals surface area contributed by atoms with Gasteiger partial charge in [-0.25, -0.2) is 9.59 Å². The van der Waals surface area contributed by atoms with E-state index in [0.29, 0.717) is 11.1 Å². The molecule has 3 aliphatic rings. The molecule has 212 valence electrons. The number of carbonyl (C=O) groups is 3. The third-order valence-corrected chi connectivity index (χ3v) is 7.33. The van der Waals surface area contributed by atoms with E-state index in [1.54, 1.807) is 6.08 Å². The highest BCUT2D eigenvalue weighted by Gasteiger charge is 2.56. The van der Waals surface area contributed by atoms with E-state index in [-0.39, 0.29) is 17.7 Å². The van der Waals surface area contributed by atoms with E-state index in [4.69, 9.17) is 9.47 Å². The van der Waals surface area contributed by atoms with Crippen molar-refractivity contribution in [3.8, 4) is 23.0 Å². The van der Waals surface area contributed by atoms with Crippen LogP contribution in [0.4, 0.5) is 0 Å². The number of fused-ring (bicyclic) bond motifs is 2. The molecule has 12 heteroatoms. The fraction of sp³-hybridized carbons (Fsp3) is 0.321. The highest BCUT2D eigenvalue weighted by molar-refractivity contribution is 5.86. The smallest absolute Gasteiger partial charge is 0.345 e. The number of phenolic OH excluding ortho intramolecular Hbond substituents is 4. The summed E-state index contributed by atoms with van der Waals surface area (Å²) in [5.74, 6) is -8.53. The number of ether oxygens (including phenoxy) is 2. The number of hydrogen-bond donors (Lipinski definition) is 7. The highest BCUT2D eigenvalue weighted by Crippen LogP contribution is 2.54. The standard InChI is InChI=1S/C28H28O12/c1-39-28(38)24-22(14-3-6-17(30)19(32)11-14)15-10-13(23(24)26(35)25(15)34)4-7-21(33)40-20(27(36)37)9-12-2-5-16(29)18(31)8-12/h2-8,10-11,15,20,22-26,29-32,34-35H,9H2,1H3,(H,36,37)/b7-4+/t15?,20-,22?,23?,24?,25?,26?/m1/s1. The minimum absolute atomic E-state index is 0.288. The molecule has 40 heavy (non-hydrogen) atoms. The van der Waals surface area contributed by atoms with E-state index >= 15 is 0 Å². The van der Waals surface area contributed by atoms with E-state index in [1.165, 1.54) is 36.4 Å². The van der Waals surface area contributed by atoms with Crippen LogP contribution in [0.1, 0.15) is 17.0 Å². The summed E-state index contributed by atoms with van der Waals surface area (Å²) in [6.45, 7) is 0. The van der Waals surface area contributed by atoms with Gasteiger partial charge in [-0.1, -0.05) is 24.3 Å². The molecule has 0 aromatic heterocycles. The lowest BCUT2D eigenvalue weighted by Crippen LogP contribution is -2.57. The number of methoxy groups -OCH3 is 1. The first-order chi connectivity index (χ1) is 18.9. The molecule has 2 bridgehead atoms. The molecule has 0 aliphatic heterocycles. The number of aliphatic carboxylic acids is 1. The van der Waals surface area contributed by atoms with Crippen molar-refractivity contribution < 1.29 is 59.6 Å². The largest absolute Gasteiger partial charge is 0.504 e. The van der Waals surface area contributed by atoms with Gasteiger partial charge in [-0.2, -0.15) is 0 Å². The number of carbonyl (C=O) groups excluding carboxylic acids is 2. The summed E-state index contributed by atoms with van der Waals surface area (Å²) in [4.78, 5) is 37.1. The third kappa shape index (κ3) is 5.44. The van der Waals surface area contributed by atoms with Crippen molar-refractivity contribution >= 4 is 17.9 Å². The lowest BCUT2D eigenvalue weighted by molar-refractivity contribution is -0.161. The average Bonchev–Trinajstić information content (AvgIpc) is 2.92. The van der Waals surface area contributed by atoms with Gasteiger partial charge in [0.1, 0.15) is 0 Å². The number of carboxylic acid groups (broad SMARTS) is 1. The maximum absolute atomic E-state index is 12.9. The van der Waals surface area contributed by atoms with E-state index in [0.717, 1.165) is 19.3 Å². The average molecular weight is 557 g/mol. The van der Waals surface area contributed by atoms with Crippen LogP contribution in [0.2, 0.25) is 0 Å². The Morgan fingerprint density at radius 2 is 1.55 bits per heavy atom. The predicted octanol–water partition coefficient (Wildman–Crippen LogP) is 1.08. The molecule has 2 aromatic carbocycles. The van der Waals surface area contributed by atoms with Crippen LogP contribution >= 0.6 is 0 Å². The van der Waals surface area contributed by atoms with Crippen molar-refractivity contribution in [2.75, 3.05) is 7.11 Å². The molecule has 7 atom stereocenters. The Balaban J connectivity index is 1.59. The molecule has 0 saturated heterocycles. The monoisotopic (exact) mass is 556 g/mol. The third-order valence-electron chi connectivity index (χ3n) is 7.33. The number of aliphatic hydroxyl groups excluding tert-OH is 2. The van der Waals surface area contributed by atoms with Crippen molar-refractivity contribution in [2.24, 2.45) is 17.8 Å². The summed E-state index contributed by atoms with van der Waals surface area (Å²) in [6.07, 6.45) is -0.855. The minimum Gasteiger partial charge on any atom is -0.504 e. The van der Waals surface area contributed by atoms with E-state index < -0.39 is 77.1 Å². The Kier molecular flexibility index (Phi) is 8.03. The van der Waals surface area contributed by atoms with Gasteiger partial charge in [-0.05, 0) is 41.0 Å². The molecule has 1 fully saturated rings. The SMILES string of the molecule is COC(=O)C1C2C(/C=C/C(=O)O[C@H](Cc3ccc(O)c(O)c3)C(=O)O)=CC(C(O)C2O)C1c1ccc(O)c(O)c1. The van der Waals surface area contributed by atoms with Gasteiger partial charge < -0.3 is 45.2 Å². The molecule has 3 aliphatic carbocycles. The van der Waals surface area contributed by atoms with Crippen LogP contribution in [0.25, 0.3) is 0 Å². The fourth-order valence-corrected chi connectivity index (χ4v) is 5.47. The number of aliphatic hydroxyl groups is 2. The molecule has 0 amide bonds. The van der Waals surface area contributed by atoms with Crippen molar-refractivity contribution in [2.45, 2.75) is 30.7 Å². The molecule has 0 spiro atoms. The number of hydrogen-bond acceptors (Lipinski definition) is 11. The molecular weight excluding hydrogens is 528 g/mol. The van der Waals surface area contributed by atoms with Crippen LogP contribution in [0.5, 0.6) is 23.0 Å². The first kappa shape index (κ1) is 28.5. The number of rotatable bonds is 8. The van der Waals surface area contributed by atoms with Crippen molar-refractivity contribution in [3.05, 3.63) is 71.3 Å². The summed E-state index contributed by atoms with van der Waals surface area (Å²) in [5, 5.41) is 69.9. The minimum atomic E-state index is -1.63. The van der Waals surface area contributed by atoms with Gasteiger partial charge in [0.05, 0.1) is 25.2 Å². The van der Waals surface area contributed by atoms with Gasteiger partial charge in [0.2, 0.25) is 6.10 Å². The molecule has 7 N–H and O–H groups in total. The molecular formula is C28H28O12. The summed E-state index contributed by atoms with van der Waals surface area (Å²) in [6, 6.07) is 7.65. The summed E-state index contributed by atoms with van der Waals surface area (Å²) in [5.41, 5.74) is 1.01. The van der Waals surface area contributed by atoms with Gasteiger partial charge in [-0.3, -0.25) is 4.79 Å². The molecule has 5 rings (SSSR count). The number of phenols is 4. The first-order valence-corrected chi connectivity index (χ1v) is 12.2. The molecule has 0 radical (unpaired) electrons. The number of aromatic hydroxyl groups is 4. The predicted molar refractivity (Wildman–Crippen MR) is 135 cm³/mol. The van der Waals surface area contributed by atoms with Crippen LogP contribution in [-0.4, -0.2) is 79.1 Å². The summed E-state index contributed by atoms with van der Waals surface area (Å²) < 4.78 is 10.0. The van der Waals surface area contributed by atoms with E-state index in [1.807, 2.05) is 0 Å². The van der Waals surface area contributed by atoms with Gasteiger partial charge in [0.15, 0.2) is 23.0 Å². The molecule has 0 heterocycles. The zero-order chi connectivity index (χ0) is 29.3. The fourth-order valence-electron chi connectivity index (χ4n) is 5.47. The van der Waals surface area contributed by atoms with Crippen LogP contribution in [0.15, 0.2) is 60.2 Å². The molecule has 6 unspecified atom stereocenters. The Labute approximate surface area is 227 Å². The Bertz CT molecular complexity index is 1380. The Morgan fingerprint density at radius 3 is 2.15 bits per heavy atom. The van der Waals surface area contributed by atoms with Gasteiger partial charge in [-0.15, -0.1) is 0 Å². The highest BCUT2D eigenvalue weighted by atomic mass is 16.6. The van der Waals surface area contributed by atoms with Crippen molar-refractivity contribution in [1.82, 2.24) is 0 Å². The second-order valence-corrected chi connectivity index (χ2v) is 9.70. The maximum atomic E-state index is 12.9. The second kappa shape index (κ2) is 11.3. The molecule has 2 aromatic rings. The van der Waals surface area contributed by atoms with Crippen molar-refractivity contribution in [1.29, 1.82) is 0 Å². The van der Waals surface area contributed by atoms with Crippen LogP contribution in [-0.2, 0) is 30.3 Å². The second-order valence-electron chi connectivity index (χ2n) is 9.70. The van der Waals surface area contributed by atoms with Crippen LogP contribution in [0.3, 0.4) is 0 Å². The lowest BCUT2D eigenvalue weighted by atomic mass is 9.55. The maximum Gasteiger partial charge on any atom is 0.345 e. The Hall–Kier alpha value is -4.55. The normalized spacial score (nSPS) is 26.2. The zero-order valence-corrected chi connectivity index (χ0v) is 21.1. The number of carboxylic acids is 1. The number of esters is 2. The number of benzene rings is 2. The van der Waals surface area contributed by atoms with Gasteiger partial charge in [0, 0.05) is 30.3 Å². The van der Waals surface area contributed by atoms with E-state index in [2.05, 4.69) is 0 Å². The van der Waals surface area contributed by atoms with Crippen LogP contribution in [0, 0.1) is 17.8 Å². The van der Waals surface area contributed by atoms with Crippen molar-refractivity contribution in [3.63, 3.8) is 0 Å². The van der Waals surface area contributed by atoms with Gasteiger partial charge >= 0.3 is 17.9 Å². The van der Waals surface area contributed by atoms with E-state index in [9.17, 15) is 50.1 Å². The summed E-state index contributed by atoms with van der Waals surface area (Å²) >= 11 is 0.